The van der Waals surface area contributed by atoms with Crippen molar-refractivity contribution in [2.75, 3.05) is 0 Å². The molecule has 0 heterocycles. The Hall–Kier alpha value is -0.670. The molecule has 0 aliphatic heterocycles. The van der Waals surface area contributed by atoms with Crippen LogP contribution in [-0.4, -0.2) is 25.0 Å². The van der Waals surface area contributed by atoms with Gasteiger partial charge in [-0.15, -0.1) is 0 Å². The van der Waals surface area contributed by atoms with E-state index in [1.165, 1.54) is 12.1 Å². The van der Waals surface area contributed by atoms with Crippen LogP contribution in [0, 0.1) is 3.57 Å². The number of aliphatic carboxylic acids is 1. The van der Waals surface area contributed by atoms with Gasteiger partial charge in [0.25, 0.3) is 0 Å². The Morgan fingerprint density at radius 2 is 1.89 bits per heavy atom. The van der Waals surface area contributed by atoms with Crippen LogP contribution < -0.4 is 4.72 Å². The fourth-order valence-electron chi connectivity index (χ4n) is 2.17. The van der Waals surface area contributed by atoms with E-state index in [-0.39, 0.29) is 11.3 Å². The van der Waals surface area contributed by atoms with Crippen molar-refractivity contribution >= 4 is 38.6 Å². The smallest absolute Gasteiger partial charge is 0.305 e. The Balaban J connectivity index is 2.21. The van der Waals surface area contributed by atoms with Crippen molar-refractivity contribution in [2.24, 2.45) is 0 Å². The minimum Gasteiger partial charge on any atom is -0.481 e. The first-order valence-corrected chi connectivity index (χ1v) is 8.41. The van der Waals surface area contributed by atoms with E-state index in [1.807, 2.05) is 0 Å². The molecule has 2 rings (SSSR count). The number of hydrogen-bond acceptors (Lipinski definition) is 3. The summed E-state index contributed by atoms with van der Waals surface area (Å²) in [4.78, 5) is 11.0. The van der Waals surface area contributed by atoms with E-state index in [0.717, 1.165) is 9.99 Å². The van der Waals surface area contributed by atoms with Gasteiger partial charge < -0.3 is 5.11 Å². The van der Waals surface area contributed by atoms with Gasteiger partial charge in [-0.3, -0.25) is 4.79 Å². The average molecular weight is 395 g/mol. The largest absolute Gasteiger partial charge is 0.481 e. The van der Waals surface area contributed by atoms with Gasteiger partial charge in [0.1, 0.15) is 0 Å². The highest BCUT2D eigenvalue weighted by Gasteiger charge is 2.42. The van der Waals surface area contributed by atoms with Crippen LogP contribution in [0.2, 0.25) is 0 Å². The second-order valence-corrected chi connectivity index (χ2v) is 7.69. The molecule has 0 spiro atoms. The lowest BCUT2D eigenvalue weighted by atomic mass is 9.75. The molecule has 0 bridgehead atoms. The van der Waals surface area contributed by atoms with Gasteiger partial charge in [0.15, 0.2) is 0 Å². The molecule has 0 aromatic heterocycles. The highest BCUT2D eigenvalue weighted by atomic mass is 127. The number of sulfonamides is 1. The number of benzene rings is 1. The molecule has 104 valence electrons. The summed E-state index contributed by atoms with van der Waals surface area (Å²) in [6.07, 6.45) is 1.82. The van der Waals surface area contributed by atoms with Crippen LogP contribution in [0.3, 0.4) is 0 Å². The lowest BCUT2D eigenvalue weighted by molar-refractivity contribution is -0.139. The lowest BCUT2D eigenvalue weighted by Gasteiger charge is -2.40. The van der Waals surface area contributed by atoms with Gasteiger partial charge in [-0.1, -0.05) is 0 Å². The number of rotatable bonds is 5. The Kier molecular flexibility index (Phi) is 4.17. The van der Waals surface area contributed by atoms with Crippen molar-refractivity contribution in [1.82, 2.24) is 4.72 Å². The normalized spacial score (nSPS) is 17.7. The summed E-state index contributed by atoms with van der Waals surface area (Å²) < 4.78 is 28.0. The molecule has 0 radical (unpaired) electrons. The van der Waals surface area contributed by atoms with E-state index >= 15 is 0 Å². The standard InChI is InChI=1S/C12H14INO4S/c13-9-2-4-10(5-3-9)19(17,18)14-12(6-1-7-12)8-11(15)16/h2-5,14H,1,6-8H2,(H,15,16). The maximum absolute atomic E-state index is 12.2. The summed E-state index contributed by atoms with van der Waals surface area (Å²) in [5.74, 6) is -0.981. The zero-order valence-corrected chi connectivity index (χ0v) is 13.1. The molecule has 2 N–H and O–H groups in total. The van der Waals surface area contributed by atoms with E-state index in [2.05, 4.69) is 27.3 Å². The number of carboxylic acids is 1. The molecular weight excluding hydrogens is 381 g/mol. The van der Waals surface area contributed by atoms with Crippen LogP contribution in [0.4, 0.5) is 0 Å². The summed E-state index contributed by atoms with van der Waals surface area (Å²) in [5, 5.41) is 8.88. The fourth-order valence-corrected chi connectivity index (χ4v) is 3.98. The highest BCUT2D eigenvalue weighted by molar-refractivity contribution is 14.1. The quantitative estimate of drug-likeness (QED) is 0.747. The zero-order valence-electron chi connectivity index (χ0n) is 10.1. The summed E-state index contributed by atoms with van der Waals surface area (Å²) in [6, 6.07) is 6.47. The third-order valence-electron chi connectivity index (χ3n) is 3.28. The van der Waals surface area contributed by atoms with Crippen LogP contribution in [-0.2, 0) is 14.8 Å². The van der Waals surface area contributed by atoms with Gasteiger partial charge in [-0.25, -0.2) is 13.1 Å². The summed E-state index contributed by atoms with van der Waals surface area (Å²) in [5.41, 5.74) is -0.812. The van der Waals surface area contributed by atoms with E-state index in [9.17, 15) is 13.2 Å². The highest BCUT2D eigenvalue weighted by Crippen LogP contribution is 2.36. The van der Waals surface area contributed by atoms with Gasteiger partial charge in [-0.2, -0.15) is 0 Å². The monoisotopic (exact) mass is 395 g/mol. The SMILES string of the molecule is O=C(O)CC1(NS(=O)(=O)c2ccc(I)cc2)CCC1. The number of carboxylic acid groups (broad SMARTS) is 1. The molecule has 7 heteroatoms. The van der Waals surface area contributed by atoms with Crippen LogP contribution in [0.5, 0.6) is 0 Å². The van der Waals surface area contributed by atoms with Crippen molar-refractivity contribution in [2.45, 2.75) is 36.1 Å². The maximum Gasteiger partial charge on any atom is 0.305 e. The van der Waals surface area contributed by atoms with Gasteiger partial charge in [-0.05, 0) is 66.1 Å². The molecule has 0 amide bonds. The van der Waals surface area contributed by atoms with E-state index in [1.54, 1.807) is 12.1 Å². The summed E-state index contributed by atoms with van der Waals surface area (Å²) in [7, 11) is -3.66. The predicted octanol–water partition coefficient (Wildman–Crippen LogP) is 1.97. The Morgan fingerprint density at radius 3 is 2.32 bits per heavy atom. The van der Waals surface area contributed by atoms with E-state index in [0.29, 0.717) is 12.8 Å². The minimum atomic E-state index is -3.66. The van der Waals surface area contributed by atoms with Gasteiger partial charge in [0.2, 0.25) is 10.0 Å². The summed E-state index contributed by atoms with van der Waals surface area (Å²) >= 11 is 2.09. The van der Waals surface area contributed by atoms with E-state index in [4.69, 9.17) is 5.11 Å². The third-order valence-corrected chi connectivity index (χ3v) is 5.59. The van der Waals surface area contributed by atoms with Gasteiger partial charge >= 0.3 is 5.97 Å². The molecule has 0 atom stereocenters. The molecule has 0 unspecified atom stereocenters. The molecule has 1 aromatic rings. The van der Waals surface area contributed by atoms with Crippen LogP contribution in [0.25, 0.3) is 0 Å². The minimum absolute atomic E-state index is 0.170. The number of carbonyl (C=O) groups is 1. The molecule has 1 aromatic carbocycles. The summed E-state index contributed by atoms with van der Waals surface area (Å²) in [6.45, 7) is 0. The molecule has 1 aliphatic rings. The molecule has 19 heavy (non-hydrogen) atoms. The topological polar surface area (TPSA) is 83.5 Å². The first-order chi connectivity index (χ1) is 8.83. The Morgan fingerprint density at radius 1 is 1.32 bits per heavy atom. The van der Waals surface area contributed by atoms with Gasteiger partial charge in [0, 0.05) is 9.11 Å². The van der Waals surface area contributed by atoms with E-state index < -0.39 is 21.5 Å². The second kappa shape index (κ2) is 5.37. The van der Waals surface area contributed by atoms with Crippen molar-refractivity contribution in [3.05, 3.63) is 27.8 Å². The number of hydrogen-bond donors (Lipinski definition) is 2. The Labute approximate surface area is 125 Å². The maximum atomic E-state index is 12.2. The van der Waals surface area contributed by atoms with Crippen molar-refractivity contribution in [1.29, 1.82) is 0 Å². The van der Waals surface area contributed by atoms with Crippen LogP contribution in [0.15, 0.2) is 29.2 Å². The second-order valence-electron chi connectivity index (χ2n) is 4.76. The molecular formula is C12H14INO4S. The number of halogens is 1. The number of nitrogens with one attached hydrogen (secondary N) is 1. The van der Waals surface area contributed by atoms with Crippen molar-refractivity contribution < 1.29 is 18.3 Å². The van der Waals surface area contributed by atoms with Crippen molar-refractivity contribution in [3.8, 4) is 0 Å². The molecule has 5 nitrogen and oxygen atoms in total. The lowest BCUT2D eigenvalue weighted by Crippen LogP contribution is -2.54. The first-order valence-electron chi connectivity index (χ1n) is 5.84. The molecule has 0 saturated heterocycles. The first kappa shape index (κ1) is 14.7. The zero-order chi connectivity index (χ0) is 14.1. The third kappa shape index (κ3) is 3.46. The fraction of sp³-hybridized carbons (Fsp3) is 0.417. The molecule has 1 saturated carbocycles. The van der Waals surface area contributed by atoms with Crippen LogP contribution >= 0.6 is 22.6 Å². The van der Waals surface area contributed by atoms with Crippen LogP contribution in [0.1, 0.15) is 25.7 Å². The average Bonchev–Trinajstić information content (AvgIpc) is 2.25. The van der Waals surface area contributed by atoms with Crippen molar-refractivity contribution in [3.63, 3.8) is 0 Å². The molecule has 1 fully saturated rings. The Bertz CT molecular complexity index is 578. The molecule has 1 aliphatic carbocycles. The predicted molar refractivity (Wildman–Crippen MR) is 78.3 cm³/mol. The van der Waals surface area contributed by atoms with Gasteiger partial charge in [0.05, 0.1) is 11.3 Å².